The monoisotopic (exact) mass is 437 g/mol. The molecule has 0 radical (unpaired) electrons. The highest BCUT2D eigenvalue weighted by molar-refractivity contribution is 7.93. The molecule has 0 bridgehead atoms. The van der Waals surface area contributed by atoms with Crippen LogP contribution in [0.4, 0.5) is 5.69 Å². The van der Waals surface area contributed by atoms with Gasteiger partial charge in [-0.1, -0.05) is 18.2 Å². The zero-order valence-corrected chi connectivity index (χ0v) is 17.6. The fourth-order valence-corrected chi connectivity index (χ4v) is 6.37. The molecule has 10 heteroatoms. The molecular formula is C19H23N3O5S2. The van der Waals surface area contributed by atoms with E-state index in [9.17, 15) is 21.6 Å². The van der Waals surface area contributed by atoms with Gasteiger partial charge >= 0.3 is 0 Å². The molecule has 8 nitrogen and oxygen atoms in total. The van der Waals surface area contributed by atoms with E-state index in [2.05, 4.69) is 0 Å². The van der Waals surface area contributed by atoms with Crippen LogP contribution in [-0.2, 0) is 19.9 Å². The number of hydrogen-bond donors (Lipinski definition) is 1. The van der Waals surface area contributed by atoms with E-state index in [1.807, 2.05) is 0 Å². The average Bonchev–Trinajstić information content (AvgIpc) is 2.93. The molecule has 1 heterocycles. The van der Waals surface area contributed by atoms with E-state index in [4.69, 9.17) is 5.73 Å². The van der Waals surface area contributed by atoms with E-state index in [0.717, 1.165) is 6.26 Å². The summed E-state index contributed by atoms with van der Waals surface area (Å²) in [4.78, 5) is 13.9. The molecule has 0 aromatic heterocycles. The van der Waals surface area contributed by atoms with Crippen molar-refractivity contribution in [1.29, 1.82) is 0 Å². The summed E-state index contributed by atoms with van der Waals surface area (Å²) < 4.78 is 51.6. The molecule has 1 aliphatic heterocycles. The third-order valence-corrected chi connectivity index (χ3v) is 7.98. The second kappa shape index (κ2) is 8.13. The van der Waals surface area contributed by atoms with Crippen LogP contribution in [0.2, 0.25) is 0 Å². The normalized spacial score (nSPS) is 16.4. The topological polar surface area (TPSA) is 118 Å². The Labute approximate surface area is 170 Å². The van der Waals surface area contributed by atoms with E-state index in [1.54, 1.807) is 29.2 Å². The summed E-state index contributed by atoms with van der Waals surface area (Å²) in [5.74, 6) is -0.215. The number of nitrogens with zero attached hydrogens (tertiary/aromatic N) is 2. The van der Waals surface area contributed by atoms with Gasteiger partial charge in [-0.15, -0.1) is 0 Å². The summed E-state index contributed by atoms with van der Waals surface area (Å²) in [6.45, 7) is 0.872. The summed E-state index contributed by atoms with van der Waals surface area (Å²) in [5.41, 5.74) is 6.67. The molecule has 2 aromatic carbocycles. The number of nitrogens with two attached hydrogens (primary N) is 1. The average molecular weight is 438 g/mol. The third-order valence-electron chi connectivity index (χ3n) is 4.74. The zero-order chi connectivity index (χ0) is 21.2. The van der Waals surface area contributed by atoms with Crippen molar-refractivity contribution < 1.29 is 21.6 Å². The van der Waals surface area contributed by atoms with Crippen LogP contribution in [0.25, 0.3) is 0 Å². The van der Waals surface area contributed by atoms with Crippen LogP contribution >= 0.6 is 0 Å². The first-order valence-corrected chi connectivity index (χ1v) is 12.4. The smallest absolute Gasteiger partial charge is 0.253 e. The summed E-state index contributed by atoms with van der Waals surface area (Å²) in [7, 11) is -7.73. The number of rotatable bonds is 4. The van der Waals surface area contributed by atoms with Gasteiger partial charge in [-0.25, -0.2) is 16.8 Å². The fourth-order valence-electron chi connectivity index (χ4n) is 3.30. The second-order valence-electron chi connectivity index (χ2n) is 6.89. The number of sulfone groups is 1. The van der Waals surface area contributed by atoms with Gasteiger partial charge in [0.05, 0.1) is 4.90 Å². The molecule has 1 aliphatic rings. The van der Waals surface area contributed by atoms with E-state index in [0.29, 0.717) is 24.2 Å². The van der Waals surface area contributed by atoms with Crippen LogP contribution in [0.5, 0.6) is 0 Å². The van der Waals surface area contributed by atoms with Crippen molar-refractivity contribution >= 4 is 31.5 Å². The van der Waals surface area contributed by atoms with Crippen molar-refractivity contribution in [2.24, 2.45) is 0 Å². The first kappa shape index (κ1) is 21.3. The lowest BCUT2D eigenvalue weighted by Crippen LogP contribution is -2.37. The van der Waals surface area contributed by atoms with Crippen LogP contribution in [0.3, 0.4) is 0 Å². The highest BCUT2D eigenvalue weighted by Crippen LogP contribution is 2.25. The van der Waals surface area contributed by atoms with Gasteiger partial charge in [-0.05, 0) is 36.8 Å². The Kier molecular flexibility index (Phi) is 5.97. The number of carbonyl (C=O) groups is 1. The Bertz CT molecular complexity index is 1130. The lowest BCUT2D eigenvalue weighted by Gasteiger charge is -2.23. The molecule has 2 N–H and O–H groups in total. The van der Waals surface area contributed by atoms with Gasteiger partial charge < -0.3 is 10.6 Å². The third kappa shape index (κ3) is 4.60. The lowest BCUT2D eigenvalue weighted by atomic mass is 10.1. The summed E-state index contributed by atoms with van der Waals surface area (Å²) in [6.07, 6.45) is 1.42. The van der Waals surface area contributed by atoms with E-state index in [-0.39, 0.29) is 35.3 Å². The molecule has 3 rings (SSSR count). The zero-order valence-electron chi connectivity index (χ0n) is 16.0. The van der Waals surface area contributed by atoms with Gasteiger partial charge in [0.25, 0.3) is 5.91 Å². The van der Waals surface area contributed by atoms with Crippen molar-refractivity contribution in [3.05, 3.63) is 54.1 Å². The van der Waals surface area contributed by atoms with Crippen LogP contribution < -0.4 is 5.73 Å². The molecule has 1 fully saturated rings. The largest absolute Gasteiger partial charge is 0.399 e. The van der Waals surface area contributed by atoms with Gasteiger partial charge in [0.1, 0.15) is 4.90 Å². The summed E-state index contributed by atoms with van der Waals surface area (Å²) in [6, 6.07) is 12.2. The Morgan fingerprint density at radius 3 is 2.24 bits per heavy atom. The molecule has 2 aromatic rings. The number of amides is 1. The molecule has 0 spiro atoms. The quantitative estimate of drug-likeness (QED) is 0.719. The molecule has 0 aliphatic carbocycles. The van der Waals surface area contributed by atoms with E-state index < -0.39 is 19.9 Å². The molecule has 0 unspecified atom stereocenters. The Morgan fingerprint density at radius 1 is 0.897 bits per heavy atom. The summed E-state index contributed by atoms with van der Waals surface area (Å²) in [5, 5.41) is 0. The first-order valence-electron chi connectivity index (χ1n) is 9.05. The SMILES string of the molecule is CS(=O)(=O)c1ccccc1S(=O)(=O)N1CCCN(C(=O)c2cccc(N)c2)CC1. The molecule has 29 heavy (non-hydrogen) atoms. The maximum atomic E-state index is 13.1. The van der Waals surface area contributed by atoms with Crippen LogP contribution in [0.1, 0.15) is 16.8 Å². The molecule has 1 saturated heterocycles. The highest BCUT2D eigenvalue weighted by Gasteiger charge is 2.32. The molecular weight excluding hydrogens is 414 g/mol. The number of carbonyl (C=O) groups excluding carboxylic acids is 1. The Hall–Kier alpha value is -2.43. The van der Waals surface area contributed by atoms with E-state index >= 15 is 0 Å². The van der Waals surface area contributed by atoms with E-state index in [1.165, 1.54) is 28.6 Å². The maximum Gasteiger partial charge on any atom is 0.253 e. The molecule has 0 atom stereocenters. The van der Waals surface area contributed by atoms with Gasteiger partial charge in [0.2, 0.25) is 10.0 Å². The predicted octanol–water partition coefficient (Wildman–Crippen LogP) is 1.21. The molecule has 1 amide bonds. The van der Waals surface area contributed by atoms with Gasteiger partial charge in [0, 0.05) is 43.7 Å². The minimum atomic E-state index is -4.02. The predicted molar refractivity (Wildman–Crippen MR) is 110 cm³/mol. The van der Waals surface area contributed by atoms with Crippen molar-refractivity contribution in [2.75, 3.05) is 38.2 Å². The highest BCUT2D eigenvalue weighted by atomic mass is 32.2. The number of anilines is 1. The van der Waals surface area contributed by atoms with Crippen molar-refractivity contribution in [3.63, 3.8) is 0 Å². The Morgan fingerprint density at radius 2 is 1.59 bits per heavy atom. The lowest BCUT2D eigenvalue weighted by molar-refractivity contribution is 0.0764. The fraction of sp³-hybridized carbons (Fsp3) is 0.316. The van der Waals surface area contributed by atoms with Crippen molar-refractivity contribution in [1.82, 2.24) is 9.21 Å². The number of nitrogen functional groups attached to an aromatic ring is 1. The van der Waals surface area contributed by atoms with Crippen LogP contribution in [0.15, 0.2) is 58.3 Å². The number of benzene rings is 2. The maximum absolute atomic E-state index is 13.1. The van der Waals surface area contributed by atoms with Crippen molar-refractivity contribution in [3.8, 4) is 0 Å². The standard InChI is InChI=1S/C19H23N3O5S2/c1-28(24,25)17-8-2-3-9-18(17)29(26,27)22-11-5-10-21(12-13-22)19(23)15-6-4-7-16(20)14-15/h2-4,6-9,14H,5,10-13,20H2,1H3. The molecule has 156 valence electrons. The van der Waals surface area contributed by atoms with Gasteiger partial charge in [0.15, 0.2) is 9.84 Å². The number of hydrogen-bond acceptors (Lipinski definition) is 6. The molecule has 0 saturated carbocycles. The second-order valence-corrected chi connectivity index (χ2v) is 10.8. The Balaban J connectivity index is 1.83. The van der Waals surface area contributed by atoms with Gasteiger partial charge in [-0.2, -0.15) is 4.31 Å². The van der Waals surface area contributed by atoms with Gasteiger partial charge in [-0.3, -0.25) is 4.79 Å². The first-order chi connectivity index (χ1) is 13.6. The van der Waals surface area contributed by atoms with Crippen molar-refractivity contribution in [2.45, 2.75) is 16.2 Å². The van der Waals surface area contributed by atoms with Crippen LogP contribution in [0, 0.1) is 0 Å². The summed E-state index contributed by atoms with van der Waals surface area (Å²) >= 11 is 0. The van der Waals surface area contributed by atoms with Crippen LogP contribution in [-0.4, -0.2) is 64.4 Å². The minimum absolute atomic E-state index is 0.0779. The minimum Gasteiger partial charge on any atom is -0.399 e. The number of sulfonamides is 1.